The van der Waals surface area contributed by atoms with Crippen molar-refractivity contribution in [1.29, 1.82) is 0 Å². The number of aryl methyl sites for hydroxylation is 1. The molecule has 0 saturated carbocycles. The quantitative estimate of drug-likeness (QED) is 0.918. The number of carboxylic acids is 1. The maximum absolute atomic E-state index is 11.3. The molecule has 2 aromatic rings. The van der Waals surface area contributed by atoms with Gasteiger partial charge in [-0.15, -0.1) is 0 Å². The maximum Gasteiger partial charge on any atom is 0.336 e. The molecule has 19 heavy (non-hydrogen) atoms. The number of hydrogen-bond donors (Lipinski definition) is 1. The average Bonchev–Trinajstić information content (AvgIpc) is 2.41. The van der Waals surface area contributed by atoms with E-state index in [1.54, 1.807) is 13.3 Å². The lowest BCUT2D eigenvalue weighted by atomic mass is 9.96. The van der Waals surface area contributed by atoms with Crippen LogP contribution in [-0.4, -0.2) is 23.2 Å². The van der Waals surface area contributed by atoms with Gasteiger partial charge in [0.15, 0.2) is 0 Å². The fourth-order valence-corrected chi connectivity index (χ4v) is 2.06. The normalized spacial score (nSPS) is 10.3. The summed E-state index contributed by atoms with van der Waals surface area (Å²) in [5.41, 5.74) is 3.63. The van der Waals surface area contributed by atoms with Gasteiger partial charge in [0.2, 0.25) is 0 Å². The standard InChI is InChI=1S/C15H15NO3/c1-9-4-5-11(14(19-3)10(9)2)13-8-16-7-6-12(13)15(17)18/h4-8H,1-3H3,(H,17,18). The van der Waals surface area contributed by atoms with E-state index in [9.17, 15) is 9.90 Å². The highest BCUT2D eigenvalue weighted by molar-refractivity contribution is 5.96. The molecule has 4 heteroatoms. The van der Waals surface area contributed by atoms with E-state index in [0.717, 1.165) is 16.7 Å². The van der Waals surface area contributed by atoms with Gasteiger partial charge in [0.05, 0.1) is 12.7 Å². The second kappa shape index (κ2) is 5.10. The highest BCUT2D eigenvalue weighted by Gasteiger charge is 2.16. The van der Waals surface area contributed by atoms with E-state index >= 15 is 0 Å². The van der Waals surface area contributed by atoms with Gasteiger partial charge in [-0.05, 0) is 31.0 Å². The number of ether oxygens (including phenoxy) is 1. The van der Waals surface area contributed by atoms with Crippen LogP contribution in [0.25, 0.3) is 11.1 Å². The smallest absolute Gasteiger partial charge is 0.336 e. The van der Waals surface area contributed by atoms with Gasteiger partial charge >= 0.3 is 5.97 Å². The Kier molecular flexibility index (Phi) is 3.51. The minimum Gasteiger partial charge on any atom is -0.496 e. The maximum atomic E-state index is 11.3. The highest BCUT2D eigenvalue weighted by Crippen LogP contribution is 2.35. The number of benzene rings is 1. The monoisotopic (exact) mass is 257 g/mol. The van der Waals surface area contributed by atoms with E-state index in [1.165, 1.54) is 12.3 Å². The zero-order valence-corrected chi connectivity index (χ0v) is 11.1. The molecule has 1 aromatic carbocycles. The summed E-state index contributed by atoms with van der Waals surface area (Å²) < 4.78 is 5.43. The molecule has 0 amide bonds. The lowest BCUT2D eigenvalue weighted by molar-refractivity contribution is 0.0697. The summed E-state index contributed by atoms with van der Waals surface area (Å²) in [7, 11) is 1.59. The van der Waals surface area contributed by atoms with Crippen molar-refractivity contribution in [3.63, 3.8) is 0 Å². The molecule has 1 N–H and O–H groups in total. The lowest BCUT2D eigenvalue weighted by Crippen LogP contribution is -2.02. The third kappa shape index (κ3) is 2.29. The summed E-state index contributed by atoms with van der Waals surface area (Å²) in [5.74, 6) is -0.284. The molecule has 0 aliphatic carbocycles. The first-order chi connectivity index (χ1) is 9.06. The number of rotatable bonds is 3. The van der Waals surface area contributed by atoms with Gasteiger partial charge in [-0.25, -0.2) is 4.79 Å². The second-order valence-corrected chi connectivity index (χ2v) is 4.31. The van der Waals surface area contributed by atoms with E-state index in [1.807, 2.05) is 26.0 Å². The fourth-order valence-electron chi connectivity index (χ4n) is 2.06. The first-order valence-corrected chi connectivity index (χ1v) is 5.88. The van der Waals surface area contributed by atoms with Crippen LogP contribution in [0.4, 0.5) is 0 Å². The van der Waals surface area contributed by atoms with Crippen molar-refractivity contribution in [2.75, 3.05) is 7.11 Å². The van der Waals surface area contributed by atoms with Crippen molar-refractivity contribution in [3.8, 4) is 16.9 Å². The lowest BCUT2D eigenvalue weighted by Gasteiger charge is -2.14. The minimum absolute atomic E-state index is 0.219. The fraction of sp³-hybridized carbons (Fsp3) is 0.200. The van der Waals surface area contributed by atoms with Crippen molar-refractivity contribution in [1.82, 2.24) is 4.98 Å². The van der Waals surface area contributed by atoms with Crippen LogP contribution in [-0.2, 0) is 0 Å². The number of pyridine rings is 1. The number of carboxylic acid groups (broad SMARTS) is 1. The van der Waals surface area contributed by atoms with Gasteiger partial charge in [-0.1, -0.05) is 12.1 Å². The number of methoxy groups -OCH3 is 1. The van der Waals surface area contributed by atoms with Gasteiger partial charge in [0, 0.05) is 23.5 Å². The van der Waals surface area contributed by atoms with Crippen LogP contribution in [0, 0.1) is 13.8 Å². The van der Waals surface area contributed by atoms with Crippen molar-refractivity contribution in [3.05, 3.63) is 47.3 Å². The van der Waals surface area contributed by atoms with Crippen LogP contribution in [0.2, 0.25) is 0 Å². The van der Waals surface area contributed by atoms with Gasteiger partial charge in [0.1, 0.15) is 5.75 Å². The molecule has 1 aromatic heterocycles. The number of hydrogen-bond acceptors (Lipinski definition) is 3. The molecule has 0 unspecified atom stereocenters. The third-order valence-electron chi connectivity index (χ3n) is 3.22. The van der Waals surface area contributed by atoms with E-state index in [4.69, 9.17) is 4.74 Å². The topological polar surface area (TPSA) is 59.4 Å². The summed E-state index contributed by atoms with van der Waals surface area (Å²) >= 11 is 0. The Bertz CT molecular complexity index is 635. The number of nitrogens with zero attached hydrogens (tertiary/aromatic N) is 1. The predicted molar refractivity (Wildman–Crippen MR) is 72.7 cm³/mol. The Labute approximate surface area is 111 Å². The molecule has 0 saturated heterocycles. The number of aromatic carboxylic acids is 1. The Morgan fingerprint density at radius 3 is 2.58 bits per heavy atom. The molecule has 0 radical (unpaired) electrons. The van der Waals surface area contributed by atoms with Gasteiger partial charge in [-0.2, -0.15) is 0 Å². The van der Waals surface area contributed by atoms with Crippen LogP contribution < -0.4 is 4.74 Å². The predicted octanol–water partition coefficient (Wildman–Crippen LogP) is 3.07. The van der Waals surface area contributed by atoms with Crippen molar-refractivity contribution >= 4 is 5.97 Å². The first-order valence-electron chi connectivity index (χ1n) is 5.88. The second-order valence-electron chi connectivity index (χ2n) is 4.31. The Morgan fingerprint density at radius 2 is 1.95 bits per heavy atom. The van der Waals surface area contributed by atoms with Crippen molar-refractivity contribution in [2.24, 2.45) is 0 Å². The molecular weight excluding hydrogens is 242 g/mol. The van der Waals surface area contributed by atoms with E-state index < -0.39 is 5.97 Å². The summed E-state index contributed by atoms with van der Waals surface area (Å²) in [6.45, 7) is 3.94. The molecule has 2 rings (SSSR count). The Balaban J connectivity index is 2.73. The van der Waals surface area contributed by atoms with Crippen LogP contribution in [0.1, 0.15) is 21.5 Å². The van der Waals surface area contributed by atoms with E-state index in [2.05, 4.69) is 4.98 Å². The summed E-state index contributed by atoms with van der Waals surface area (Å²) in [5, 5.41) is 9.25. The van der Waals surface area contributed by atoms with Crippen LogP contribution in [0.15, 0.2) is 30.6 Å². The van der Waals surface area contributed by atoms with Gasteiger partial charge in [0.25, 0.3) is 0 Å². The average molecular weight is 257 g/mol. The summed E-state index contributed by atoms with van der Waals surface area (Å²) in [6, 6.07) is 5.31. The number of carbonyl (C=O) groups is 1. The largest absolute Gasteiger partial charge is 0.496 e. The molecule has 0 spiro atoms. The first kappa shape index (κ1) is 13.1. The summed E-state index contributed by atoms with van der Waals surface area (Å²) in [6.07, 6.45) is 3.02. The zero-order valence-electron chi connectivity index (χ0n) is 11.1. The molecule has 0 aliphatic heterocycles. The molecule has 0 atom stereocenters. The molecule has 98 valence electrons. The van der Waals surface area contributed by atoms with Gasteiger partial charge in [-0.3, -0.25) is 4.98 Å². The van der Waals surface area contributed by atoms with E-state index in [-0.39, 0.29) is 5.56 Å². The zero-order chi connectivity index (χ0) is 14.0. The Morgan fingerprint density at radius 1 is 1.21 bits per heavy atom. The van der Waals surface area contributed by atoms with Crippen molar-refractivity contribution in [2.45, 2.75) is 13.8 Å². The summed E-state index contributed by atoms with van der Waals surface area (Å²) in [4.78, 5) is 15.3. The van der Waals surface area contributed by atoms with Gasteiger partial charge < -0.3 is 9.84 Å². The minimum atomic E-state index is -0.974. The SMILES string of the molecule is COc1c(-c2cnccc2C(=O)O)ccc(C)c1C. The van der Waals surface area contributed by atoms with Crippen LogP contribution in [0.3, 0.4) is 0 Å². The Hall–Kier alpha value is -2.36. The molecule has 0 aliphatic rings. The van der Waals surface area contributed by atoms with Crippen LogP contribution in [0.5, 0.6) is 5.75 Å². The van der Waals surface area contributed by atoms with Crippen molar-refractivity contribution < 1.29 is 14.6 Å². The van der Waals surface area contributed by atoms with Crippen LogP contribution >= 0.6 is 0 Å². The molecule has 4 nitrogen and oxygen atoms in total. The molecular formula is C15H15NO3. The molecule has 0 fully saturated rings. The highest BCUT2D eigenvalue weighted by atomic mass is 16.5. The molecule has 1 heterocycles. The van der Waals surface area contributed by atoms with E-state index in [0.29, 0.717) is 11.3 Å². The third-order valence-corrected chi connectivity index (χ3v) is 3.22. The molecule has 0 bridgehead atoms. The number of aromatic nitrogens is 1.